The molecule has 0 saturated carbocycles. The zero-order valence-electron chi connectivity index (χ0n) is 11.8. The highest BCUT2D eigenvalue weighted by atomic mass is 35.5. The molecule has 0 unspecified atom stereocenters. The summed E-state index contributed by atoms with van der Waals surface area (Å²) in [6.45, 7) is 3.94. The van der Waals surface area contributed by atoms with E-state index in [0.29, 0.717) is 22.9 Å². The summed E-state index contributed by atoms with van der Waals surface area (Å²) in [5.74, 6) is 0.334. The molecule has 0 aliphatic heterocycles. The Morgan fingerprint density at radius 3 is 2.90 bits per heavy atom. The lowest BCUT2D eigenvalue weighted by Gasteiger charge is -2.04. The molecule has 112 valence electrons. The van der Waals surface area contributed by atoms with E-state index in [1.54, 1.807) is 26.0 Å². The van der Waals surface area contributed by atoms with Crippen molar-refractivity contribution in [1.82, 2.24) is 9.78 Å². The zero-order valence-corrected chi connectivity index (χ0v) is 12.5. The van der Waals surface area contributed by atoms with Crippen LogP contribution in [0.15, 0.2) is 29.1 Å². The summed E-state index contributed by atoms with van der Waals surface area (Å²) in [6.07, 6.45) is -0.600. The second-order valence-electron chi connectivity index (χ2n) is 4.48. The quantitative estimate of drug-likeness (QED) is 0.911. The molecule has 0 saturated heterocycles. The average Bonchev–Trinajstić information content (AvgIpc) is 2.67. The molecule has 21 heavy (non-hydrogen) atoms. The van der Waals surface area contributed by atoms with Gasteiger partial charge >= 0.3 is 6.09 Å². The van der Waals surface area contributed by atoms with Gasteiger partial charge in [-0.1, -0.05) is 23.7 Å². The fourth-order valence-electron chi connectivity index (χ4n) is 1.90. The summed E-state index contributed by atoms with van der Waals surface area (Å²) in [5, 5.41) is 5.97. The molecule has 0 atom stereocenters. The first-order chi connectivity index (χ1) is 10.0. The summed E-state index contributed by atoms with van der Waals surface area (Å²) in [6, 6.07) is 7.23. The first-order valence-corrected chi connectivity index (χ1v) is 6.86. The Labute approximate surface area is 126 Å². The molecule has 6 nitrogen and oxygen atoms in total. The van der Waals surface area contributed by atoms with E-state index in [0.717, 1.165) is 5.56 Å². The van der Waals surface area contributed by atoms with Gasteiger partial charge in [0.2, 0.25) is 0 Å². The van der Waals surface area contributed by atoms with Crippen LogP contribution in [0.2, 0.25) is 5.02 Å². The van der Waals surface area contributed by atoms with Crippen molar-refractivity contribution in [1.29, 1.82) is 0 Å². The summed E-state index contributed by atoms with van der Waals surface area (Å²) >= 11 is 5.92. The first-order valence-electron chi connectivity index (χ1n) is 6.49. The fourth-order valence-corrected chi connectivity index (χ4v) is 2.11. The highest BCUT2D eigenvalue weighted by Gasteiger charge is 2.13. The Hall–Kier alpha value is -2.21. The molecule has 0 radical (unpaired) electrons. The van der Waals surface area contributed by atoms with Crippen LogP contribution >= 0.6 is 11.6 Å². The second kappa shape index (κ2) is 6.49. The number of benzene rings is 1. The Balaban J connectivity index is 2.22. The summed E-state index contributed by atoms with van der Waals surface area (Å²) in [5.41, 5.74) is 1.10. The van der Waals surface area contributed by atoms with Gasteiger partial charge in [-0.05, 0) is 31.5 Å². The van der Waals surface area contributed by atoms with Crippen LogP contribution in [-0.2, 0) is 11.3 Å². The minimum Gasteiger partial charge on any atom is -0.450 e. The van der Waals surface area contributed by atoms with E-state index in [1.807, 2.05) is 12.1 Å². The van der Waals surface area contributed by atoms with Gasteiger partial charge < -0.3 is 4.74 Å². The van der Waals surface area contributed by atoms with E-state index in [2.05, 4.69) is 10.4 Å². The van der Waals surface area contributed by atoms with E-state index < -0.39 is 6.09 Å². The van der Waals surface area contributed by atoms with Gasteiger partial charge in [-0.2, -0.15) is 0 Å². The van der Waals surface area contributed by atoms with Gasteiger partial charge in [0, 0.05) is 5.02 Å². The lowest BCUT2D eigenvalue weighted by atomic mass is 10.2. The number of nitrogens with one attached hydrogen (secondary N) is 2. The van der Waals surface area contributed by atoms with Crippen molar-refractivity contribution < 1.29 is 9.53 Å². The van der Waals surface area contributed by atoms with Crippen LogP contribution in [0.3, 0.4) is 0 Å². The summed E-state index contributed by atoms with van der Waals surface area (Å²) in [7, 11) is 0. The van der Waals surface area contributed by atoms with Gasteiger partial charge in [0.25, 0.3) is 5.56 Å². The molecule has 2 rings (SSSR count). The Bertz CT molecular complexity index is 706. The van der Waals surface area contributed by atoms with E-state index in [1.165, 1.54) is 4.68 Å². The average molecular weight is 310 g/mol. The van der Waals surface area contributed by atoms with Crippen molar-refractivity contribution in [2.75, 3.05) is 11.9 Å². The van der Waals surface area contributed by atoms with E-state index >= 15 is 0 Å². The number of amides is 1. The van der Waals surface area contributed by atoms with E-state index in [4.69, 9.17) is 16.3 Å². The van der Waals surface area contributed by atoms with Crippen LogP contribution in [0.5, 0.6) is 0 Å². The SMILES string of the molecule is CCOC(=O)Nc1[nH]n(Cc2cccc(Cl)c2)c(=O)c1C. The molecule has 0 spiro atoms. The number of H-pyrrole nitrogens is 1. The number of ether oxygens (including phenoxy) is 1. The summed E-state index contributed by atoms with van der Waals surface area (Å²) < 4.78 is 6.19. The normalized spacial score (nSPS) is 10.4. The van der Waals surface area contributed by atoms with Crippen molar-refractivity contribution in [3.05, 3.63) is 50.8 Å². The lowest BCUT2D eigenvalue weighted by molar-refractivity contribution is 0.168. The minimum absolute atomic E-state index is 0.207. The maximum Gasteiger partial charge on any atom is 0.412 e. The number of aromatic amines is 1. The highest BCUT2D eigenvalue weighted by Crippen LogP contribution is 2.13. The van der Waals surface area contributed by atoms with Gasteiger partial charge in [0.15, 0.2) is 0 Å². The fraction of sp³-hybridized carbons (Fsp3) is 0.286. The van der Waals surface area contributed by atoms with Crippen molar-refractivity contribution in [2.24, 2.45) is 0 Å². The van der Waals surface area contributed by atoms with Crippen LogP contribution in [0.1, 0.15) is 18.1 Å². The zero-order chi connectivity index (χ0) is 15.4. The maximum absolute atomic E-state index is 12.1. The molecular weight excluding hydrogens is 294 g/mol. The van der Waals surface area contributed by atoms with Crippen molar-refractivity contribution in [2.45, 2.75) is 20.4 Å². The Morgan fingerprint density at radius 1 is 1.48 bits per heavy atom. The molecule has 1 amide bonds. The third kappa shape index (κ3) is 3.66. The van der Waals surface area contributed by atoms with Gasteiger partial charge in [0.05, 0.1) is 18.7 Å². The van der Waals surface area contributed by atoms with Crippen LogP contribution in [0.25, 0.3) is 0 Å². The van der Waals surface area contributed by atoms with Crippen molar-refractivity contribution in [3.63, 3.8) is 0 Å². The number of anilines is 1. The van der Waals surface area contributed by atoms with E-state index in [-0.39, 0.29) is 12.2 Å². The number of nitrogens with zero attached hydrogens (tertiary/aromatic N) is 1. The third-order valence-corrected chi connectivity index (χ3v) is 3.16. The second-order valence-corrected chi connectivity index (χ2v) is 4.91. The lowest BCUT2D eigenvalue weighted by Crippen LogP contribution is -2.18. The Morgan fingerprint density at radius 2 is 2.24 bits per heavy atom. The molecule has 0 fully saturated rings. The number of aromatic nitrogens is 2. The highest BCUT2D eigenvalue weighted by molar-refractivity contribution is 6.30. The molecule has 0 aliphatic rings. The number of carbonyl (C=O) groups is 1. The predicted octanol–water partition coefficient (Wildman–Crippen LogP) is 2.75. The largest absolute Gasteiger partial charge is 0.450 e. The molecule has 7 heteroatoms. The van der Waals surface area contributed by atoms with Crippen LogP contribution in [0, 0.1) is 6.92 Å². The topological polar surface area (TPSA) is 76.1 Å². The molecular formula is C14H16ClN3O3. The number of hydrogen-bond acceptors (Lipinski definition) is 3. The van der Waals surface area contributed by atoms with Gasteiger partial charge in [-0.25, -0.2) is 9.48 Å². The number of halogens is 1. The molecule has 1 aromatic heterocycles. The molecule has 0 bridgehead atoms. The van der Waals surface area contributed by atoms with Crippen LogP contribution < -0.4 is 10.9 Å². The molecule has 0 aliphatic carbocycles. The van der Waals surface area contributed by atoms with Gasteiger partial charge in [-0.15, -0.1) is 0 Å². The third-order valence-electron chi connectivity index (χ3n) is 2.92. The van der Waals surface area contributed by atoms with Crippen LogP contribution in [0.4, 0.5) is 10.6 Å². The predicted molar refractivity (Wildman–Crippen MR) is 81.0 cm³/mol. The first kappa shape index (κ1) is 15.2. The van der Waals surface area contributed by atoms with Gasteiger partial charge in [-0.3, -0.25) is 15.2 Å². The van der Waals surface area contributed by atoms with Gasteiger partial charge in [0.1, 0.15) is 5.82 Å². The smallest absolute Gasteiger partial charge is 0.412 e. The summed E-state index contributed by atoms with van der Waals surface area (Å²) in [4.78, 5) is 23.5. The monoisotopic (exact) mass is 309 g/mol. The van der Waals surface area contributed by atoms with Crippen molar-refractivity contribution in [3.8, 4) is 0 Å². The standard InChI is InChI=1S/C14H16ClN3O3/c1-3-21-14(20)16-12-9(2)13(19)18(17-12)8-10-5-4-6-11(15)7-10/h4-7,17H,3,8H2,1-2H3,(H,16,20). The molecule has 1 heterocycles. The number of rotatable bonds is 4. The van der Waals surface area contributed by atoms with Crippen LogP contribution in [-0.4, -0.2) is 22.5 Å². The molecule has 2 aromatic rings. The number of carbonyl (C=O) groups excluding carboxylic acids is 1. The molecule has 1 aromatic carbocycles. The number of hydrogen-bond donors (Lipinski definition) is 2. The minimum atomic E-state index is -0.600. The molecule has 2 N–H and O–H groups in total. The maximum atomic E-state index is 12.1. The Kier molecular flexibility index (Phi) is 4.70. The van der Waals surface area contributed by atoms with E-state index in [9.17, 15) is 9.59 Å². The van der Waals surface area contributed by atoms with Crippen molar-refractivity contribution >= 4 is 23.5 Å².